The molecule has 0 saturated carbocycles. The van der Waals surface area contributed by atoms with Crippen molar-refractivity contribution in [1.82, 2.24) is 0 Å². The molecule has 0 aliphatic carbocycles. The fourth-order valence-corrected chi connectivity index (χ4v) is 4.09. The maximum absolute atomic E-state index is 5.35. The molecule has 0 aromatic carbocycles. The number of allylic oxidation sites excluding steroid dienone is 1. The van der Waals surface area contributed by atoms with Gasteiger partial charge in [-0.1, -0.05) is 6.08 Å². The predicted molar refractivity (Wildman–Crippen MR) is 63.6 cm³/mol. The first-order chi connectivity index (χ1) is 6.27. The lowest BCUT2D eigenvalue weighted by Gasteiger charge is -2.32. The van der Waals surface area contributed by atoms with Gasteiger partial charge >= 0.3 is 0 Å². The molecule has 1 unspecified atom stereocenters. The monoisotopic (exact) mass is 218 g/mol. The zero-order valence-corrected chi connectivity index (χ0v) is 10.0. The van der Waals surface area contributed by atoms with Gasteiger partial charge in [0.25, 0.3) is 0 Å². The first-order valence-corrected chi connectivity index (χ1v) is 6.85. The highest BCUT2D eigenvalue weighted by Gasteiger charge is 2.27. The zero-order chi connectivity index (χ0) is 9.57. The van der Waals surface area contributed by atoms with E-state index in [9.17, 15) is 0 Å². The van der Waals surface area contributed by atoms with Gasteiger partial charge < -0.3 is 4.74 Å². The van der Waals surface area contributed by atoms with Crippen molar-refractivity contribution in [3.63, 3.8) is 0 Å². The minimum atomic E-state index is 0.449. The van der Waals surface area contributed by atoms with Crippen molar-refractivity contribution >= 4 is 23.5 Å². The molecule has 0 spiro atoms. The van der Waals surface area contributed by atoms with Gasteiger partial charge in [-0.3, -0.25) is 0 Å². The van der Waals surface area contributed by atoms with E-state index in [1.54, 1.807) is 6.26 Å². The third kappa shape index (κ3) is 4.32. The van der Waals surface area contributed by atoms with Crippen LogP contribution >= 0.6 is 23.5 Å². The predicted octanol–water partition coefficient (Wildman–Crippen LogP) is 3.17. The van der Waals surface area contributed by atoms with E-state index in [1.807, 2.05) is 13.0 Å². The highest BCUT2D eigenvalue weighted by Crippen LogP contribution is 2.36. The van der Waals surface area contributed by atoms with Crippen molar-refractivity contribution in [3.8, 4) is 0 Å². The maximum Gasteiger partial charge on any atom is 0.0886 e. The second-order valence-electron chi connectivity index (χ2n) is 3.44. The summed E-state index contributed by atoms with van der Waals surface area (Å²) in [6.45, 7) is 5.18. The summed E-state index contributed by atoms with van der Waals surface area (Å²) < 4.78 is 5.80. The summed E-state index contributed by atoms with van der Waals surface area (Å²) in [5.74, 6) is 3.89. The molecule has 13 heavy (non-hydrogen) atoms. The van der Waals surface area contributed by atoms with Crippen LogP contribution in [0.25, 0.3) is 0 Å². The van der Waals surface area contributed by atoms with Crippen LogP contribution in [0.1, 0.15) is 20.3 Å². The van der Waals surface area contributed by atoms with Crippen molar-refractivity contribution < 1.29 is 4.74 Å². The lowest BCUT2D eigenvalue weighted by molar-refractivity contribution is 0.235. The van der Waals surface area contributed by atoms with Crippen LogP contribution in [-0.2, 0) is 4.74 Å². The highest BCUT2D eigenvalue weighted by atomic mass is 32.2. The van der Waals surface area contributed by atoms with E-state index in [1.165, 1.54) is 17.3 Å². The van der Waals surface area contributed by atoms with Gasteiger partial charge in [0.2, 0.25) is 0 Å². The van der Waals surface area contributed by atoms with Gasteiger partial charge in [0.15, 0.2) is 0 Å². The van der Waals surface area contributed by atoms with Gasteiger partial charge in [-0.05, 0) is 20.3 Å². The van der Waals surface area contributed by atoms with Crippen LogP contribution in [-0.4, -0.2) is 28.6 Å². The minimum Gasteiger partial charge on any atom is -0.501 e. The van der Waals surface area contributed by atoms with Crippen LogP contribution in [0.3, 0.4) is 0 Å². The number of rotatable bonds is 4. The molecule has 1 fully saturated rings. The summed E-state index contributed by atoms with van der Waals surface area (Å²) in [4.78, 5) is 0. The average Bonchev–Trinajstić information content (AvgIpc) is 2.14. The van der Waals surface area contributed by atoms with Crippen molar-refractivity contribution in [1.29, 1.82) is 0 Å². The Morgan fingerprint density at radius 2 is 2.31 bits per heavy atom. The van der Waals surface area contributed by atoms with E-state index >= 15 is 0 Å². The lowest BCUT2D eigenvalue weighted by Crippen LogP contribution is -2.29. The van der Waals surface area contributed by atoms with E-state index < -0.39 is 0 Å². The Bertz CT molecular complexity index is 162. The van der Waals surface area contributed by atoms with Crippen LogP contribution in [0.15, 0.2) is 12.3 Å². The SMILES string of the molecule is C/C=C/OCCC1(C)CSCCS1. The number of ether oxygens (including phenoxy) is 1. The molecule has 1 aliphatic heterocycles. The molecule has 1 saturated heterocycles. The normalized spacial score (nSPS) is 29.4. The van der Waals surface area contributed by atoms with E-state index in [0.29, 0.717) is 4.75 Å². The molecule has 1 heterocycles. The lowest BCUT2D eigenvalue weighted by atomic mass is 10.1. The van der Waals surface area contributed by atoms with Crippen molar-refractivity contribution in [2.45, 2.75) is 25.0 Å². The van der Waals surface area contributed by atoms with Crippen molar-refractivity contribution in [3.05, 3.63) is 12.3 Å². The average molecular weight is 218 g/mol. The summed E-state index contributed by atoms with van der Waals surface area (Å²) in [6.07, 6.45) is 4.88. The van der Waals surface area contributed by atoms with Crippen LogP contribution in [0.2, 0.25) is 0 Å². The molecule has 1 atom stereocenters. The summed E-state index contributed by atoms with van der Waals surface area (Å²) in [5, 5.41) is 0. The second-order valence-corrected chi connectivity index (χ2v) is 6.23. The Balaban J connectivity index is 2.17. The van der Waals surface area contributed by atoms with Gasteiger partial charge in [0.1, 0.15) is 0 Å². The molecule has 3 heteroatoms. The van der Waals surface area contributed by atoms with E-state index in [-0.39, 0.29) is 0 Å². The Morgan fingerprint density at radius 1 is 1.46 bits per heavy atom. The molecular formula is C10H18OS2. The number of thioether (sulfide) groups is 2. The molecule has 0 aromatic rings. The van der Waals surface area contributed by atoms with E-state index in [0.717, 1.165) is 13.0 Å². The van der Waals surface area contributed by atoms with Gasteiger partial charge in [-0.15, -0.1) is 0 Å². The largest absolute Gasteiger partial charge is 0.501 e. The van der Waals surface area contributed by atoms with E-state index in [4.69, 9.17) is 4.74 Å². The fraction of sp³-hybridized carbons (Fsp3) is 0.800. The smallest absolute Gasteiger partial charge is 0.0886 e. The highest BCUT2D eigenvalue weighted by molar-refractivity contribution is 8.07. The number of hydrogen-bond donors (Lipinski definition) is 0. The first-order valence-electron chi connectivity index (χ1n) is 4.71. The number of hydrogen-bond acceptors (Lipinski definition) is 3. The standard InChI is InChI=1S/C10H18OS2/c1-3-5-11-6-4-10(2)9-12-7-8-13-10/h3,5H,4,6-9H2,1-2H3/b5-3+. The van der Waals surface area contributed by atoms with Gasteiger partial charge in [-0.2, -0.15) is 23.5 Å². The zero-order valence-electron chi connectivity index (χ0n) is 8.41. The first kappa shape index (κ1) is 11.3. The van der Waals surface area contributed by atoms with Gasteiger partial charge in [0, 0.05) is 22.0 Å². The molecule has 0 bridgehead atoms. The Kier molecular flexibility index (Phi) is 5.10. The molecule has 1 nitrogen and oxygen atoms in total. The van der Waals surface area contributed by atoms with Gasteiger partial charge in [0.05, 0.1) is 12.9 Å². The molecule has 1 aliphatic rings. The Hall–Kier alpha value is 0.240. The van der Waals surface area contributed by atoms with Crippen molar-refractivity contribution in [2.75, 3.05) is 23.9 Å². The third-order valence-corrected chi connectivity index (χ3v) is 5.30. The van der Waals surface area contributed by atoms with E-state index in [2.05, 4.69) is 30.4 Å². The maximum atomic E-state index is 5.35. The van der Waals surface area contributed by atoms with Crippen LogP contribution in [0, 0.1) is 0 Å². The molecular weight excluding hydrogens is 200 g/mol. The van der Waals surface area contributed by atoms with Crippen LogP contribution in [0.5, 0.6) is 0 Å². The molecule has 0 N–H and O–H groups in total. The van der Waals surface area contributed by atoms with Crippen LogP contribution < -0.4 is 0 Å². The summed E-state index contributed by atoms with van der Waals surface area (Å²) in [5.41, 5.74) is 0. The molecule has 76 valence electrons. The Morgan fingerprint density at radius 3 is 2.92 bits per heavy atom. The minimum absolute atomic E-state index is 0.449. The van der Waals surface area contributed by atoms with Crippen molar-refractivity contribution in [2.24, 2.45) is 0 Å². The molecule has 0 aromatic heterocycles. The third-order valence-electron chi connectivity index (χ3n) is 2.07. The topological polar surface area (TPSA) is 9.23 Å². The molecule has 0 radical (unpaired) electrons. The fourth-order valence-electron chi connectivity index (χ4n) is 1.26. The van der Waals surface area contributed by atoms with Gasteiger partial charge in [-0.25, -0.2) is 0 Å². The summed E-state index contributed by atoms with van der Waals surface area (Å²) in [6, 6.07) is 0. The summed E-state index contributed by atoms with van der Waals surface area (Å²) in [7, 11) is 0. The summed E-state index contributed by atoms with van der Waals surface area (Å²) >= 11 is 4.17. The second kappa shape index (κ2) is 5.86. The van der Waals surface area contributed by atoms with Crippen LogP contribution in [0.4, 0.5) is 0 Å². The Labute approximate surface area is 89.7 Å². The molecule has 0 amide bonds. The molecule has 1 rings (SSSR count). The quantitative estimate of drug-likeness (QED) is 0.530.